The smallest absolute Gasteiger partial charge is 0.290 e. The number of benzene rings is 1. The SMILES string of the molecule is Cc1cc(NCC2(c3cccc(F)c3)CC2)ncc1[N+](=O)[O-]. The number of nitro groups is 1. The Balaban J connectivity index is 1.73. The Labute approximate surface area is 127 Å². The number of aryl methyl sites for hydroxylation is 1. The van der Waals surface area contributed by atoms with Crippen molar-refractivity contribution in [2.75, 3.05) is 11.9 Å². The predicted octanol–water partition coefficient (Wildman–Crippen LogP) is 3.58. The third-order valence-electron chi connectivity index (χ3n) is 4.18. The quantitative estimate of drug-likeness (QED) is 0.677. The molecule has 0 radical (unpaired) electrons. The molecule has 0 aliphatic heterocycles. The third kappa shape index (κ3) is 2.77. The molecule has 3 rings (SSSR count). The molecule has 22 heavy (non-hydrogen) atoms. The Morgan fingerprint density at radius 2 is 2.18 bits per heavy atom. The highest BCUT2D eigenvalue weighted by atomic mass is 19.1. The van der Waals surface area contributed by atoms with Crippen molar-refractivity contribution in [3.63, 3.8) is 0 Å². The Hall–Kier alpha value is -2.50. The Morgan fingerprint density at radius 1 is 1.41 bits per heavy atom. The summed E-state index contributed by atoms with van der Waals surface area (Å²) in [5, 5.41) is 14.0. The van der Waals surface area contributed by atoms with Gasteiger partial charge in [0.2, 0.25) is 0 Å². The zero-order valence-electron chi connectivity index (χ0n) is 12.2. The lowest BCUT2D eigenvalue weighted by Gasteiger charge is -2.17. The van der Waals surface area contributed by atoms with Crippen LogP contribution < -0.4 is 5.32 Å². The summed E-state index contributed by atoms with van der Waals surface area (Å²) in [6.45, 7) is 2.32. The molecule has 1 heterocycles. The van der Waals surface area contributed by atoms with Crippen molar-refractivity contribution in [2.45, 2.75) is 25.2 Å². The molecule has 1 fully saturated rings. The van der Waals surface area contributed by atoms with Crippen LogP contribution in [0.5, 0.6) is 0 Å². The van der Waals surface area contributed by atoms with Gasteiger partial charge in [0, 0.05) is 17.5 Å². The lowest BCUT2D eigenvalue weighted by molar-refractivity contribution is -0.385. The molecular weight excluding hydrogens is 285 g/mol. The molecule has 0 unspecified atom stereocenters. The number of nitrogens with zero attached hydrogens (tertiary/aromatic N) is 2. The van der Waals surface area contributed by atoms with Gasteiger partial charge in [-0.05, 0) is 43.5 Å². The molecular formula is C16H16FN3O2. The first-order valence-electron chi connectivity index (χ1n) is 7.11. The zero-order valence-corrected chi connectivity index (χ0v) is 12.2. The van der Waals surface area contributed by atoms with E-state index in [0.717, 1.165) is 18.4 Å². The normalized spacial score (nSPS) is 15.4. The van der Waals surface area contributed by atoms with Gasteiger partial charge in [-0.1, -0.05) is 12.1 Å². The van der Waals surface area contributed by atoms with Crippen LogP contribution in [0.1, 0.15) is 24.0 Å². The monoisotopic (exact) mass is 301 g/mol. The van der Waals surface area contributed by atoms with Gasteiger partial charge >= 0.3 is 0 Å². The van der Waals surface area contributed by atoms with E-state index in [2.05, 4.69) is 10.3 Å². The van der Waals surface area contributed by atoms with E-state index in [1.165, 1.54) is 12.3 Å². The number of anilines is 1. The summed E-state index contributed by atoms with van der Waals surface area (Å²) in [5.41, 5.74) is 1.51. The topological polar surface area (TPSA) is 68.1 Å². The van der Waals surface area contributed by atoms with Gasteiger partial charge < -0.3 is 5.32 Å². The number of rotatable bonds is 5. The van der Waals surface area contributed by atoms with Crippen molar-refractivity contribution >= 4 is 11.5 Å². The standard InChI is InChI=1S/C16H16FN3O2/c1-11-7-15(18-9-14(11)20(21)22)19-10-16(5-6-16)12-3-2-4-13(17)8-12/h2-4,7-9H,5-6,10H2,1H3,(H,18,19). The molecule has 1 aliphatic carbocycles. The number of halogens is 1. The third-order valence-corrected chi connectivity index (χ3v) is 4.18. The minimum absolute atomic E-state index is 0.0109. The van der Waals surface area contributed by atoms with E-state index in [4.69, 9.17) is 0 Å². The first-order valence-corrected chi connectivity index (χ1v) is 7.11. The van der Waals surface area contributed by atoms with Crippen molar-refractivity contribution in [2.24, 2.45) is 0 Å². The van der Waals surface area contributed by atoms with E-state index in [1.54, 1.807) is 25.1 Å². The lowest BCUT2D eigenvalue weighted by atomic mass is 9.96. The van der Waals surface area contributed by atoms with Crippen LogP contribution in [0, 0.1) is 22.9 Å². The van der Waals surface area contributed by atoms with Gasteiger partial charge in [0.25, 0.3) is 5.69 Å². The minimum atomic E-state index is -0.443. The van der Waals surface area contributed by atoms with Gasteiger partial charge in [-0.3, -0.25) is 10.1 Å². The second kappa shape index (κ2) is 5.36. The van der Waals surface area contributed by atoms with E-state index in [9.17, 15) is 14.5 Å². The molecule has 1 saturated carbocycles. The molecule has 0 amide bonds. The maximum absolute atomic E-state index is 13.4. The van der Waals surface area contributed by atoms with Crippen molar-refractivity contribution in [3.8, 4) is 0 Å². The van der Waals surface area contributed by atoms with Gasteiger partial charge in [0.1, 0.15) is 17.8 Å². The molecule has 0 bridgehead atoms. The zero-order chi connectivity index (χ0) is 15.7. The Kier molecular flexibility index (Phi) is 3.52. The molecule has 5 nitrogen and oxygen atoms in total. The van der Waals surface area contributed by atoms with E-state index in [0.29, 0.717) is 17.9 Å². The summed E-state index contributed by atoms with van der Waals surface area (Å²) in [5.74, 6) is 0.374. The van der Waals surface area contributed by atoms with Crippen LogP contribution in [0.25, 0.3) is 0 Å². The van der Waals surface area contributed by atoms with Crippen LogP contribution in [0.15, 0.2) is 36.5 Å². The number of pyridine rings is 1. The molecule has 1 aliphatic rings. The average Bonchev–Trinajstić information content (AvgIpc) is 3.26. The van der Waals surface area contributed by atoms with E-state index < -0.39 is 4.92 Å². The van der Waals surface area contributed by atoms with E-state index >= 15 is 0 Å². The number of hydrogen-bond donors (Lipinski definition) is 1. The molecule has 0 saturated heterocycles. The molecule has 1 N–H and O–H groups in total. The largest absolute Gasteiger partial charge is 0.369 e. The van der Waals surface area contributed by atoms with Gasteiger partial charge in [0.05, 0.1) is 4.92 Å². The molecule has 0 atom stereocenters. The van der Waals surface area contributed by atoms with E-state index in [-0.39, 0.29) is 16.9 Å². The molecule has 1 aromatic heterocycles. The van der Waals surface area contributed by atoms with Gasteiger partial charge in [-0.2, -0.15) is 0 Å². The molecule has 114 valence electrons. The average molecular weight is 301 g/mol. The second-order valence-corrected chi connectivity index (χ2v) is 5.76. The van der Waals surface area contributed by atoms with Gasteiger partial charge in [-0.25, -0.2) is 9.37 Å². The first kappa shape index (κ1) is 14.4. The molecule has 0 spiro atoms. The van der Waals surface area contributed by atoms with Crippen molar-refractivity contribution in [1.82, 2.24) is 4.98 Å². The first-order chi connectivity index (χ1) is 10.5. The van der Waals surface area contributed by atoms with Gasteiger partial charge in [-0.15, -0.1) is 0 Å². The number of nitrogens with one attached hydrogen (secondary N) is 1. The summed E-state index contributed by atoms with van der Waals surface area (Å²) in [7, 11) is 0. The van der Waals surface area contributed by atoms with Crippen molar-refractivity contribution < 1.29 is 9.31 Å². The molecule has 1 aromatic carbocycles. The van der Waals surface area contributed by atoms with Crippen LogP contribution in [0.4, 0.5) is 15.9 Å². The maximum atomic E-state index is 13.4. The van der Waals surface area contributed by atoms with E-state index in [1.807, 2.05) is 6.07 Å². The fourth-order valence-electron chi connectivity index (χ4n) is 2.63. The molecule has 6 heteroatoms. The Bertz CT molecular complexity index is 729. The summed E-state index contributed by atoms with van der Waals surface area (Å²) < 4.78 is 13.4. The highest BCUT2D eigenvalue weighted by molar-refractivity contribution is 5.48. The number of aromatic nitrogens is 1. The molecule has 2 aromatic rings. The Morgan fingerprint density at radius 3 is 2.77 bits per heavy atom. The maximum Gasteiger partial charge on any atom is 0.290 e. The summed E-state index contributed by atoms with van der Waals surface area (Å²) in [4.78, 5) is 14.4. The minimum Gasteiger partial charge on any atom is -0.369 e. The predicted molar refractivity (Wildman–Crippen MR) is 81.4 cm³/mol. The number of hydrogen-bond acceptors (Lipinski definition) is 4. The summed E-state index contributed by atoms with van der Waals surface area (Å²) in [6.07, 6.45) is 3.25. The highest BCUT2D eigenvalue weighted by Gasteiger charge is 2.44. The fourth-order valence-corrected chi connectivity index (χ4v) is 2.63. The fraction of sp³-hybridized carbons (Fsp3) is 0.312. The van der Waals surface area contributed by atoms with Crippen molar-refractivity contribution in [1.29, 1.82) is 0 Å². The van der Waals surface area contributed by atoms with Gasteiger partial charge in [0.15, 0.2) is 0 Å². The lowest BCUT2D eigenvalue weighted by Crippen LogP contribution is -2.20. The van der Waals surface area contributed by atoms with Crippen LogP contribution >= 0.6 is 0 Å². The van der Waals surface area contributed by atoms with Crippen LogP contribution in [-0.2, 0) is 5.41 Å². The second-order valence-electron chi connectivity index (χ2n) is 5.76. The summed E-state index contributed by atoms with van der Waals surface area (Å²) >= 11 is 0. The van der Waals surface area contributed by atoms with Crippen molar-refractivity contribution in [3.05, 3.63) is 63.6 Å². The highest BCUT2D eigenvalue weighted by Crippen LogP contribution is 2.48. The van der Waals surface area contributed by atoms with Crippen LogP contribution in [0.3, 0.4) is 0 Å². The summed E-state index contributed by atoms with van der Waals surface area (Å²) in [6, 6.07) is 8.34. The van der Waals surface area contributed by atoms with Crippen LogP contribution in [0.2, 0.25) is 0 Å². The van der Waals surface area contributed by atoms with Crippen LogP contribution in [-0.4, -0.2) is 16.5 Å².